The Hall–Kier alpha value is -1.63. The van der Waals surface area contributed by atoms with Crippen molar-refractivity contribution in [2.24, 2.45) is 5.73 Å². The van der Waals surface area contributed by atoms with Crippen molar-refractivity contribution >= 4 is 18.3 Å². The lowest BCUT2D eigenvalue weighted by Gasteiger charge is -2.14. The van der Waals surface area contributed by atoms with Gasteiger partial charge in [0.15, 0.2) is 0 Å². The standard InChI is InChI=1S/C16H31N3O4/c17-11-10-14(19-13-20)16(23)18-12-8-6-4-2-1-3-5-7-9-15(21)22/h13-14H,1-12,17H2,(H,18,23)(H,19,20)(H,21,22). The molecule has 0 aromatic carbocycles. The maximum Gasteiger partial charge on any atom is 0.303 e. The largest absolute Gasteiger partial charge is 0.481 e. The molecule has 0 aliphatic heterocycles. The lowest BCUT2D eigenvalue weighted by Crippen LogP contribution is -2.45. The highest BCUT2D eigenvalue weighted by Crippen LogP contribution is 2.09. The molecule has 1 unspecified atom stereocenters. The van der Waals surface area contributed by atoms with Gasteiger partial charge in [-0.1, -0.05) is 38.5 Å². The lowest BCUT2D eigenvalue weighted by atomic mass is 10.1. The molecular formula is C16H31N3O4. The van der Waals surface area contributed by atoms with Crippen LogP contribution in [0.5, 0.6) is 0 Å². The van der Waals surface area contributed by atoms with E-state index in [4.69, 9.17) is 10.8 Å². The third kappa shape index (κ3) is 13.7. The number of amides is 2. The van der Waals surface area contributed by atoms with Crippen LogP contribution in [0.15, 0.2) is 0 Å². The fourth-order valence-corrected chi connectivity index (χ4v) is 2.34. The van der Waals surface area contributed by atoms with Crippen LogP contribution in [-0.2, 0) is 14.4 Å². The van der Waals surface area contributed by atoms with E-state index >= 15 is 0 Å². The summed E-state index contributed by atoms with van der Waals surface area (Å²) in [6, 6.07) is -0.539. The Bertz CT molecular complexity index is 337. The van der Waals surface area contributed by atoms with E-state index in [1.165, 1.54) is 0 Å². The fourth-order valence-electron chi connectivity index (χ4n) is 2.34. The van der Waals surface area contributed by atoms with Crippen LogP contribution in [0.2, 0.25) is 0 Å². The molecule has 0 bridgehead atoms. The predicted molar refractivity (Wildman–Crippen MR) is 88.9 cm³/mol. The van der Waals surface area contributed by atoms with Crippen molar-refractivity contribution in [2.45, 2.75) is 70.3 Å². The number of carboxylic acids is 1. The number of carbonyl (C=O) groups excluding carboxylic acids is 2. The minimum Gasteiger partial charge on any atom is -0.481 e. The molecule has 0 saturated carbocycles. The highest BCUT2D eigenvalue weighted by molar-refractivity contribution is 5.83. The van der Waals surface area contributed by atoms with Crippen molar-refractivity contribution in [2.75, 3.05) is 13.1 Å². The molecule has 0 aliphatic carbocycles. The average Bonchev–Trinajstić information content (AvgIpc) is 2.51. The molecule has 5 N–H and O–H groups in total. The smallest absolute Gasteiger partial charge is 0.303 e. The molecule has 0 radical (unpaired) electrons. The first-order valence-electron chi connectivity index (χ1n) is 8.51. The topological polar surface area (TPSA) is 122 Å². The molecular weight excluding hydrogens is 298 g/mol. The molecule has 0 saturated heterocycles. The summed E-state index contributed by atoms with van der Waals surface area (Å²) in [7, 11) is 0. The van der Waals surface area contributed by atoms with Gasteiger partial charge in [-0.15, -0.1) is 0 Å². The minimum absolute atomic E-state index is 0.180. The van der Waals surface area contributed by atoms with E-state index in [9.17, 15) is 14.4 Å². The van der Waals surface area contributed by atoms with E-state index in [0.29, 0.717) is 25.9 Å². The van der Waals surface area contributed by atoms with Crippen molar-refractivity contribution in [1.82, 2.24) is 10.6 Å². The van der Waals surface area contributed by atoms with Crippen LogP contribution in [0.4, 0.5) is 0 Å². The summed E-state index contributed by atoms with van der Waals surface area (Å²) < 4.78 is 0. The summed E-state index contributed by atoms with van der Waals surface area (Å²) in [5.74, 6) is -0.898. The number of aliphatic carboxylic acids is 1. The SMILES string of the molecule is NCCC(NC=O)C(=O)NCCCCCCCCCCC(=O)O. The van der Waals surface area contributed by atoms with Crippen molar-refractivity contribution in [3.63, 3.8) is 0 Å². The molecule has 134 valence electrons. The second-order valence-corrected chi connectivity index (χ2v) is 5.68. The Kier molecular flexibility index (Phi) is 14.2. The first kappa shape index (κ1) is 21.4. The predicted octanol–water partition coefficient (Wildman–Crippen LogP) is 1.16. The normalized spacial score (nSPS) is 11.7. The number of carboxylic acid groups (broad SMARTS) is 1. The van der Waals surface area contributed by atoms with E-state index in [1.54, 1.807) is 0 Å². The first-order chi connectivity index (χ1) is 11.1. The summed E-state index contributed by atoms with van der Waals surface area (Å²) in [5.41, 5.74) is 5.40. The van der Waals surface area contributed by atoms with Gasteiger partial charge in [-0.2, -0.15) is 0 Å². The van der Waals surface area contributed by atoms with E-state index < -0.39 is 12.0 Å². The highest BCUT2D eigenvalue weighted by atomic mass is 16.4. The number of nitrogens with one attached hydrogen (secondary N) is 2. The summed E-state index contributed by atoms with van der Waals surface area (Å²) in [6.07, 6.45) is 9.42. The molecule has 23 heavy (non-hydrogen) atoms. The molecule has 0 aromatic heterocycles. The average molecular weight is 329 g/mol. The first-order valence-corrected chi connectivity index (χ1v) is 8.51. The van der Waals surface area contributed by atoms with Crippen molar-refractivity contribution in [3.05, 3.63) is 0 Å². The van der Waals surface area contributed by atoms with E-state index in [1.807, 2.05) is 0 Å². The Balaban J connectivity index is 3.42. The monoisotopic (exact) mass is 329 g/mol. The molecule has 2 amide bonds. The summed E-state index contributed by atoms with van der Waals surface area (Å²) in [4.78, 5) is 32.5. The molecule has 0 spiro atoms. The lowest BCUT2D eigenvalue weighted by molar-refractivity contribution is -0.137. The van der Waals surface area contributed by atoms with E-state index in [2.05, 4.69) is 10.6 Å². The third-order valence-electron chi connectivity index (χ3n) is 3.66. The zero-order chi connectivity index (χ0) is 17.3. The Morgan fingerprint density at radius 3 is 2.09 bits per heavy atom. The van der Waals surface area contributed by atoms with Crippen LogP contribution in [0, 0.1) is 0 Å². The Morgan fingerprint density at radius 1 is 1.00 bits per heavy atom. The zero-order valence-corrected chi connectivity index (χ0v) is 13.9. The molecule has 7 heteroatoms. The second-order valence-electron chi connectivity index (χ2n) is 5.68. The minimum atomic E-state index is -0.718. The summed E-state index contributed by atoms with van der Waals surface area (Å²) in [5, 5.41) is 13.8. The number of nitrogens with two attached hydrogens (primary N) is 1. The number of hydrogen-bond acceptors (Lipinski definition) is 4. The Labute approximate surface area is 138 Å². The van der Waals surface area contributed by atoms with Crippen LogP contribution in [-0.4, -0.2) is 42.5 Å². The maximum absolute atomic E-state index is 11.8. The quantitative estimate of drug-likeness (QED) is 0.250. The van der Waals surface area contributed by atoms with Crippen molar-refractivity contribution in [3.8, 4) is 0 Å². The van der Waals surface area contributed by atoms with E-state index in [-0.39, 0.29) is 12.3 Å². The van der Waals surface area contributed by atoms with Crippen LogP contribution in [0.3, 0.4) is 0 Å². The van der Waals surface area contributed by atoms with Crippen LogP contribution >= 0.6 is 0 Å². The van der Waals surface area contributed by atoms with Crippen molar-refractivity contribution in [1.29, 1.82) is 0 Å². The van der Waals surface area contributed by atoms with Gasteiger partial charge in [0, 0.05) is 13.0 Å². The van der Waals surface area contributed by atoms with Crippen LogP contribution in [0.1, 0.15) is 64.2 Å². The number of carbonyl (C=O) groups is 3. The van der Waals surface area contributed by atoms with Gasteiger partial charge in [0.25, 0.3) is 0 Å². The maximum atomic E-state index is 11.8. The van der Waals surface area contributed by atoms with Crippen molar-refractivity contribution < 1.29 is 19.5 Å². The molecule has 0 fully saturated rings. The van der Waals surface area contributed by atoms with Gasteiger partial charge in [-0.3, -0.25) is 14.4 Å². The van der Waals surface area contributed by atoms with Gasteiger partial charge >= 0.3 is 5.97 Å². The van der Waals surface area contributed by atoms with Crippen LogP contribution < -0.4 is 16.4 Å². The molecule has 0 heterocycles. The van der Waals surface area contributed by atoms with Gasteiger partial charge in [0.05, 0.1) is 0 Å². The van der Waals surface area contributed by atoms with Gasteiger partial charge in [0.2, 0.25) is 12.3 Å². The summed E-state index contributed by atoms with van der Waals surface area (Å²) in [6.45, 7) is 0.963. The van der Waals surface area contributed by atoms with Crippen LogP contribution in [0.25, 0.3) is 0 Å². The third-order valence-corrected chi connectivity index (χ3v) is 3.66. The van der Waals surface area contributed by atoms with Gasteiger partial charge in [0.1, 0.15) is 6.04 Å². The molecule has 1 atom stereocenters. The number of hydrogen-bond donors (Lipinski definition) is 4. The fraction of sp³-hybridized carbons (Fsp3) is 0.812. The zero-order valence-electron chi connectivity index (χ0n) is 13.9. The van der Waals surface area contributed by atoms with Gasteiger partial charge < -0.3 is 21.5 Å². The van der Waals surface area contributed by atoms with E-state index in [0.717, 1.165) is 51.4 Å². The number of rotatable bonds is 16. The summed E-state index contributed by atoms with van der Waals surface area (Å²) >= 11 is 0. The molecule has 7 nitrogen and oxygen atoms in total. The number of unbranched alkanes of at least 4 members (excludes halogenated alkanes) is 7. The molecule has 0 rings (SSSR count). The Morgan fingerprint density at radius 2 is 1.57 bits per heavy atom. The second kappa shape index (κ2) is 15.3. The molecule has 0 aromatic rings. The van der Waals surface area contributed by atoms with Gasteiger partial charge in [-0.05, 0) is 25.8 Å². The highest BCUT2D eigenvalue weighted by Gasteiger charge is 2.15. The van der Waals surface area contributed by atoms with Gasteiger partial charge in [-0.25, -0.2) is 0 Å². The molecule has 0 aliphatic rings.